The van der Waals surface area contributed by atoms with Gasteiger partial charge in [0, 0.05) is 35.9 Å². The topological polar surface area (TPSA) is 49.5 Å². The Morgan fingerprint density at radius 1 is 1.33 bits per heavy atom. The predicted molar refractivity (Wildman–Crippen MR) is 78.3 cm³/mol. The van der Waals surface area contributed by atoms with Gasteiger partial charge in [-0.1, -0.05) is 22.4 Å². The van der Waals surface area contributed by atoms with Gasteiger partial charge in [-0.2, -0.15) is 0 Å². The quantitative estimate of drug-likeness (QED) is 0.794. The lowest BCUT2D eigenvalue weighted by atomic mass is 9.91. The van der Waals surface area contributed by atoms with Gasteiger partial charge in [0.1, 0.15) is 0 Å². The van der Waals surface area contributed by atoms with Crippen molar-refractivity contribution in [1.29, 1.82) is 0 Å². The molecule has 0 atom stereocenters. The van der Waals surface area contributed by atoms with Crippen molar-refractivity contribution in [2.24, 2.45) is 0 Å². The van der Waals surface area contributed by atoms with Crippen LogP contribution in [0.5, 0.6) is 0 Å². The Kier molecular flexibility index (Phi) is 5.03. The highest BCUT2D eigenvalue weighted by molar-refractivity contribution is 9.10. The predicted octanol–water partition coefficient (Wildman–Crippen LogP) is 2.77. The van der Waals surface area contributed by atoms with Crippen molar-refractivity contribution in [2.75, 3.05) is 18.9 Å². The second-order valence-corrected chi connectivity index (χ2v) is 5.94. The molecule has 18 heavy (non-hydrogen) atoms. The monoisotopic (exact) mass is 312 g/mol. The van der Waals surface area contributed by atoms with Crippen LogP contribution in [-0.4, -0.2) is 29.2 Å². The summed E-state index contributed by atoms with van der Waals surface area (Å²) in [5, 5.41) is 8.99. The number of aliphatic hydroxyl groups is 1. The van der Waals surface area contributed by atoms with Crippen LogP contribution in [0.2, 0.25) is 0 Å². The van der Waals surface area contributed by atoms with Crippen molar-refractivity contribution in [1.82, 2.24) is 4.90 Å². The van der Waals surface area contributed by atoms with Gasteiger partial charge in [0.05, 0.1) is 0 Å². The van der Waals surface area contributed by atoms with Crippen molar-refractivity contribution in [3.63, 3.8) is 0 Å². The SMILES string of the molecule is Nc1cc(Br)cc(CN(CCCO)C2CCC2)c1. The zero-order chi connectivity index (χ0) is 13.0. The summed E-state index contributed by atoms with van der Waals surface area (Å²) in [5.74, 6) is 0. The van der Waals surface area contributed by atoms with E-state index in [1.165, 1.54) is 24.8 Å². The third-order valence-electron chi connectivity index (χ3n) is 3.56. The van der Waals surface area contributed by atoms with Crippen LogP contribution in [0.4, 0.5) is 5.69 Å². The highest BCUT2D eigenvalue weighted by Crippen LogP contribution is 2.27. The number of aliphatic hydroxyl groups excluding tert-OH is 1. The highest BCUT2D eigenvalue weighted by atomic mass is 79.9. The Balaban J connectivity index is 2.02. The van der Waals surface area contributed by atoms with Crippen LogP contribution in [-0.2, 0) is 6.54 Å². The third kappa shape index (κ3) is 3.70. The maximum Gasteiger partial charge on any atom is 0.0443 e. The molecular weight excluding hydrogens is 292 g/mol. The molecule has 0 amide bonds. The van der Waals surface area contributed by atoms with Gasteiger partial charge >= 0.3 is 0 Å². The molecule has 0 saturated heterocycles. The molecule has 3 N–H and O–H groups in total. The van der Waals surface area contributed by atoms with Crippen molar-refractivity contribution in [3.05, 3.63) is 28.2 Å². The average Bonchev–Trinajstić information content (AvgIpc) is 2.21. The summed E-state index contributed by atoms with van der Waals surface area (Å²) in [5.41, 5.74) is 7.91. The molecule has 0 spiro atoms. The summed E-state index contributed by atoms with van der Waals surface area (Å²) >= 11 is 3.49. The molecule has 1 saturated carbocycles. The smallest absolute Gasteiger partial charge is 0.0443 e. The summed E-state index contributed by atoms with van der Waals surface area (Å²) in [4.78, 5) is 2.47. The lowest BCUT2D eigenvalue weighted by Gasteiger charge is -2.37. The van der Waals surface area contributed by atoms with E-state index in [0.717, 1.165) is 29.7 Å². The number of benzene rings is 1. The average molecular weight is 313 g/mol. The van der Waals surface area contributed by atoms with E-state index in [0.29, 0.717) is 6.04 Å². The van der Waals surface area contributed by atoms with E-state index in [1.54, 1.807) is 0 Å². The maximum absolute atomic E-state index is 8.99. The normalized spacial score (nSPS) is 15.9. The van der Waals surface area contributed by atoms with Gasteiger partial charge in [-0.05, 0) is 43.0 Å². The van der Waals surface area contributed by atoms with Gasteiger partial charge in [0.15, 0.2) is 0 Å². The summed E-state index contributed by atoms with van der Waals surface area (Å²) in [6, 6.07) is 6.78. The Labute approximate surface area is 117 Å². The molecule has 3 nitrogen and oxygen atoms in total. The van der Waals surface area contributed by atoms with Crippen LogP contribution < -0.4 is 5.73 Å². The Morgan fingerprint density at radius 3 is 2.67 bits per heavy atom. The van der Waals surface area contributed by atoms with E-state index in [1.807, 2.05) is 12.1 Å². The van der Waals surface area contributed by atoms with Crippen LogP contribution in [0.1, 0.15) is 31.2 Å². The van der Waals surface area contributed by atoms with E-state index in [2.05, 4.69) is 26.9 Å². The van der Waals surface area contributed by atoms with Crippen molar-refractivity contribution < 1.29 is 5.11 Å². The maximum atomic E-state index is 8.99. The fraction of sp³-hybridized carbons (Fsp3) is 0.571. The second-order valence-electron chi connectivity index (χ2n) is 5.03. The van der Waals surface area contributed by atoms with Gasteiger partial charge in [0.25, 0.3) is 0 Å². The van der Waals surface area contributed by atoms with Crippen molar-refractivity contribution in [2.45, 2.75) is 38.3 Å². The van der Waals surface area contributed by atoms with Crippen LogP contribution >= 0.6 is 15.9 Å². The molecule has 0 unspecified atom stereocenters. The number of rotatable bonds is 6. The first-order chi connectivity index (χ1) is 8.69. The van der Waals surface area contributed by atoms with Gasteiger partial charge in [-0.3, -0.25) is 4.90 Å². The fourth-order valence-corrected chi connectivity index (χ4v) is 2.98. The van der Waals surface area contributed by atoms with Crippen molar-refractivity contribution in [3.8, 4) is 0 Å². The van der Waals surface area contributed by atoms with Crippen molar-refractivity contribution >= 4 is 21.6 Å². The minimum absolute atomic E-state index is 0.268. The number of hydrogen-bond acceptors (Lipinski definition) is 3. The molecule has 0 heterocycles. The second kappa shape index (κ2) is 6.55. The molecule has 1 aliphatic carbocycles. The van der Waals surface area contributed by atoms with Crippen LogP contribution in [0, 0.1) is 0 Å². The minimum Gasteiger partial charge on any atom is -0.399 e. The first kappa shape index (κ1) is 13.8. The molecule has 1 aliphatic rings. The van der Waals surface area contributed by atoms with Gasteiger partial charge in [-0.25, -0.2) is 0 Å². The molecule has 1 aromatic rings. The summed E-state index contributed by atoms with van der Waals surface area (Å²) in [6.07, 6.45) is 4.75. The standard InChI is InChI=1S/C14H21BrN2O/c15-12-7-11(8-13(16)9-12)10-17(5-2-6-18)14-3-1-4-14/h7-9,14,18H,1-6,10,16H2. The first-order valence-electron chi connectivity index (χ1n) is 6.59. The Morgan fingerprint density at radius 2 is 2.11 bits per heavy atom. The zero-order valence-corrected chi connectivity index (χ0v) is 12.2. The molecule has 100 valence electrons. The molecule has 4 heteroatoms. The number of nitrogen functional groups attached to an aromatic ring is 1. The largest absolute Gasteiger partial charge is 0.399 e. The van der Waals surface area contributed by atoms with E-state index in [4.69, 9.17) is 10.8 Å². The third-order valence-corrected chi connectivity index (χ3v) is 4.02. The van der Waals surface area contributed by atoms with Gasteiger partial charge in [0.2, 0.25) is 0 Å². The van der Waals surface area contributed by atoms with E-state index in [9.17, 15) is 0 Å². The summed E-state index contributed by atoms with van der Waals surface area (Å²) in [7, 11) is 0. The Bertz CT molecular complexity index is 373. The van der Waals surface area contributed by atoms with E-state index in [-0.39, 0.29) is 6.61 Å². The van der Waals surface area contributed by atoms with Crippen LogP contribution in [0.15, 0.2) is 22.7 Å². The molecule has 0 bridgehead atoms. The number of halogens is 1. The zero-order valence-electron chi connectivity index (χ0n) is 10.6. The minimum atomic E-state index is 0.268. The number of nitrogens with zero attached hydrogens (tertiary/aromatic N) is 1. The number of nitrogens with two attached hydrogens (primary N) is 1. The lowest BCUT2D eigenvalue weighted by Crippen LogP contribution is -2.40. The van der Waals surface area contributed by atoms with E-state index >= 15 is 0 Å². The van der Waals surface area contributed by atoms with Crippen LogP contribution in [0.3, 0.4) is 0 Å². The molecule has 2 rings (SSSR count). The summed E-state index contributed by atoms with van der Waals surface area (Å²) in [6.45, 7) is 2.16. The van der Waals surface area contributed by atoms with E-state index < -0.39 is 0 Å². The number of hydrogen-bond donors (Lipinski definition) is 2. The lowest BCUT2D eigenvalue weighted by molar-refractivity contribution is 0.109. The molecule has 1 aromatic carbocycles. The Hall–Kier alpha value is -0.580. The molecule has 0 aromatic heterocycles. The summed E-state index contributed by atoms with van der Waals surface area (Å²) < 4.78 is 1.04. The molecule has 0 aliphatic heterocycles. The fourth-order valence-electron chi connectivity index (χ4n) is 2.42. The first-order valence-corrected chi connectivity index (χ1v) is 7.38. The molecule has 1 fully saturated rings. The molecular formula is C14H21BrN2O. The van der Waals surface area contributed by atoms with Gasteiger partial charge in [-0.15, -0.1) is 0 Å². The highest BCUT2D eigenvalue weighted by Gasteiger charge is 2.24. The number of anilines is 1. The van der Waals surface area contributed by atoms with Crippen LogP contribution in [0.25, 0.3) is 0 Å². The van der Waals surface area contributed by atoms with Gasteiger partial charge < -0.3 is 10.8 Å². The molecule has 0 radical (unpaired) electrons.